The summed E-state index contributed by atoms with van der Waals surface area (Å²) in [6.45, 7) is 7.07. The van der Waals surface area contributed by atoms with Crippen molar-refractivity contribution in [3.8, 4) is 0 Å². The molecule has 3 fully saturated rings. The van der Waals surface area contributed by atoms with E-state index in [-0.39, 0.29) is 11.6 Å². The van der Waals surface area contributed by atoms with Gasteiger partial charge in [0.2, 0.25) is 11.6 Å². The fourth-order valence-corrected chi connectivity index (χ4v) is 3.26. The number of rotatable bonds is 6. The smallest absolute Gasteiger partial charge is 0.365 e. The van der Waals surface area contributed by atoms with Gasteiger partial charge >= 0.3 is 7.82 Å². The molecule has 11 heteroatoms. The highest BCUT2D eigenvalue weighted by molar-refractivity contribution is 7.46. The summed E-state index contributed by atoms with van der Waals surface area (Å²) < 4.78 is 14.0. The number of phosphoric ester groups is 1. The van der Waals surface area contributed by atoms with Gasteiger partial charge in [-0.3, -0.25) is 14.1 Å². The van der Waals surface area contributed by atoms with Gasteiger partial charge in [-0.1, -0.05) is 18.5 Å². The van der Waals surface area contributed by atoms with Crippen LogP contribution in [0.1, 0.15) is 13.3 Å². The third kappa shape index (κ3) is 4.86. The third-order valence-electron chi connectivity index (χ3n) is 4.06. The molecule has 1 aliphatic carbocycles. The minimum absolute atomic E-state index is 0.00546. The molecule has 0 aromatic rings. The standard InChI is InChI=1S/C12H13N3O2.C3H8ClO4P/c16-9-7-8(13-1-2-13)12(17)11(15-5-6-15)10(9)14-3-4-14;1-2-3(4)8-9(5,6)7/h7H,1-6H2;3H,2H2,1H3,(H2,5,6,7). The van der Waals surface area contributed by atoms with Gasteiger partial charge in [0.1, 0.15) is 17.0 Å². The van der Waals surface area contributed by atoms with Crippen LogP contribution >= 0.6 is 19.4 Å². The first-order valence-corrected chi connectivity index (χ1v) is 10.4. The summed E-state index contributed by atoms with van der Waals surface area (Å²) in [5.74, 6) is 0.0485. The maximum Gasteiger partial charge on any atom is 0.471 e. The Morgan fingerprint density at radius 3 is 1.96 bits per heavy atom. The van der Waals surface area contributed by atoms with E-state index >= 15 is 0 Å². The van der Waals surface area contributed by atoms with Crippen LogP contribution in [0, 0.1) is 0 Å². The second kappa shape index (κ2) is 7.32. The highest BCUT2D eigenvalue weighted by Crippen LogP contribution is 2.39. The number of carbonyl (C=O) groups is 2. The van der Waals surface area contributed by atoms with Gasteiger partial charge in [-0.25, -0.2) is 4.57 Å². The average Bonchev–Trinajstić information content (AvgIpc) is 3.37. The van der Waals surface area contributed by atoms with Gasteiger partial charge in [0, 0.05) is 45.3 Å². The van der Waals surface area contributed by atoms with E-state index in [9.17, 15) is 14.2 Å². The van der Waals surface area contributed by atoms with Crippen LogP contribution < -0.4 is 0 Å². The fourth-order valence-electron chi connectivity index (χ4n) is 2.50. The quantitative estimate of drug-likeness (QED) is 0.278. The first-order valence-electron chi connectivity index (χ1n) is 8.39. The van der Waals surface area contributed by atoms with Gasteiger partial charge in [-0.15, -0.1) is 0 Å². The Morgan fingerprint density at radius 2 is 1.58 bits per heavy atom. The summed E-state index contributed by atoms with van der Waals surface area (Å²) in [7, 11) is -4.37. The van der Waals surface area contributed by atoms with E-state index in [1.165, 1.54) is 6.08 Å². The van der Waals surface area contributed by atoms with Crippen LogP contribution in [0.15, 0.2) is 23.2 Å². The van der Waals surface area contributed by atoms with Gasteiger partial charge in [-0.05, 0) is 6.42 Å². The summed E-state index contributed by atoms with van der Waals surface area (Å²) in [6, 6.07) is 0. The monoisotopic (exact) mass is 405 g/mol. The first kappa shape index (κ1) is 19.4. The summed E-state index contributed by atoms with van der Waals surface area (Å²) in [4.78, 5) is 46.7. The second-order valence-electron chi connectivity index (χ2n) is 6.30. The molecule has 144 valence electrons. The van der Waals surface area contributed by atoms with Crippen molar-refractivity contribution in [3.05, 3.63) is 23.2 Å². The van der Waals surface area contributed by atoms with Crippen LogP contribution in [-0.2, 0) is 18.7 Å². The predicted octanol–water partition coefficient (Wildman–Crippen LogP) is 0.251. The Bertz CT molecular complexity index is 721. The first-order chi connectivity index (χ1) is 12.2. The Hall–Kier alpha value is -1.38. The van der Waals surface area contributed by atoms with Crippen molar-refractivity contribution < 1.29 is 28.5 Å². The minimum atomic E-state index is -4.37. The molecule has 4 aliphatic rings. The molecule has 26 heavy (non-hydrogen) atoms. The number of phosphoric acid groups is 1. The van der Waals surface area contributed by atoms with Gasteiger partial charge in [0.15, 0.2) is 0 Å². The number of hydrogen-bond donors (Lipinski definition) is 2. The summed E-state index contributed by atoms with van der Waals surface area (Å²) in [6.07, 6.45) is 1.89. The lowest BCUT2D eigenvalue weighted by atomic mass is 10.0. The highest BCUT2D eigenvalue weighted by Gasteiger charge is 2.43. The Morgan fingerprint density at radius 1 is 1.08 bits per heavy atom. The lowest BCUT2D eigenvalue weighted by Crippen LogP contribution is -2.29. The molecule has 1 unspecified atom stereocenters. The number of alkyl halides is 1. The molecule has 3 saturated heterocycles. The number of nitrogens with zero attached hydrogens (tertiary/aromatic N) is 3. The Balaban J connectivity index is 0.000000188. The van der Waals surface area contributed by atoms with Crippen molar-refractivity contribution in [2.45, 2.75) is 18.9 Å². The lowest BCUT2D eigenvalue weighted by Gasteiger charge is -2.21. The van der Waals surface area contributed by atoms with E-state index < -0.39 is 13.4 Å². The zero-order valence-corrected chi connectivity index (χ0v) is 15.9. The number of carbonyl (C=O) groups excluding carboxylic acids is 2. The molecular weight excluding hydrogens is 385 g/mol. The van der Waals surface area contributed by atoms with Crippen molar-refractivity contribution in [1.82, 2.24) is 14.7 Å². The number of halogens is 1. The van der Waals surface area contributed by atoms with Crippen LogP contribution in [0.25, 0.3) is 0 Å². The normalized spacial score (nSPS) is 22.8. The zero-order valence-electron chi connectivity index (χ0n) is 14.3. The molecule has 1 atom stereocenters. The molecule has 0 saturated carbocycles. The van der Waals surface area contributed by atoms with Crippen molar-refractivity contribution >= 4 is 31.0 Å². The molecule has 2 N–H and O–H groups in total. The number of allylic oxidation sites excluding steroid dienone is 1. The van der Waals surface area contributed by atoms with Crippen LogP contribution in [0.5, 0.6) is 0 Å². The molecule has 0 amide bonds. The van der Waals surface area contributed by atoms with Crippen molar-refractivity contribution in [1.29, 1.82) is 0 Å². The molecule has 3 heterocycles. The molecule has 0 radical (unpaired) electrons. The average molecular weight is 406 g/mol. The van der Waals surface area contributed by atoms with Crippen molar-refractivity contribution in [2.75, 3.05) is 39.3 Å². The van der Waals surface area contributed by atoms with Crippen LogP contribution in [0.2, 0.25) is 0 Å². The fraction of sp³-hybridized carbons (Fsp3) is 0.600. The van der Waals surface area contributed by atoms with E-state index in [2.05, 4.69) is 4.52 Å². The second-order valence-corrected chi connectivity index (χ2v) is 7.97. The Kier molecular flexibility index (Phi) is 5.46. The van der Waals surface area contributed by atoms with E-state index in [0.29, 0.717) is 23.5 Å². The molecule has 0 spiro atoms. The molecule has 3 aliphatic heterocycles. The van der Waals surface area contributed by atoms with Gasteiger partial charge in [0.05, 0.1) is 5.70 Å². The van der Waals surface area contributed by atoms with Crippen LogP contribution in [0.3, 0.4) is 0 Å². The number of hydrogen-bond acceptors (Lipinski definition) is 7. The highest BCUT2D eigenvalue weighted by atomic mass is 35.5. The van der Waals surface area contributed by atoms with Gasteiger partial charge < -0.3 is 24.5 Å². The van der Waals surface area contributed by atoms with E-state index in [1.54, 1.807) is 6.92 Å². The predicted molar refractivity (Wildman–Crippen MR) is 92.9 cm³/mol. The largest absolute Gasteiger partial charge is 0.471 e. The minimum Gasteiger partial charge on any atom is -0.365 e. The topological polar surface area (TPSA) is 110 Å². The van der Waals surface area contributed by atoms with E-state index in [4.69, 9.17) is 21.4 Å². The summed E-state index contributed by atoms with van der Waals surface area (Å²) >= 11 is 5.24. The Labute approximate surface area is 156 Å². The molecule has 0 bridgehead atoms. The molecular formula is C15H21ClN3O6P. The van der Waals surface area contributed by atoms with Crippen molar-refractivity contribution in [3.63, 3.8) is 0 Å². The number of ketones is 2. The SMILES string of the molecule is CCC(Cl)OP(=O)(O)O.O=C1C=C(N2CC2)C(=O)C(N2CC2)=C1N1CC1. The molecule has 0 aromatic carbocycles. The molecule has 4 rings (SSSR count). The summed E-state index contributed by atoms with van der Waals surface area (Å²) in [5.41, 5.74) is 0.989. The van der Waals surface area contributed by atoms with Gasteiger partial charge in [0.25, 0.3) is 0 Å². The van der Waals surface area contributed by atoms with Crippen molar-refractivity contribution in [2.24, 2.45) is 0 Å². The molecule has 0 aromatic heterocycles. The van der Waals surface area contributed by atoms with Gasteiger partial charge in [-0.2, -0.15) is 0 Å². The molecule has 9 nitrogen and oxygen atoms in total. The zero-order chi connectivity index (χ0) is 19.1. The maximum atomic E-state index is 12.4. The maximum absolute atomic E-state index is 12.4. The van der Waals surface area contributed by atoms with E-state index in [1.807, 2.05) is 14.7 Å². The number of Topliss-reactive ketones (excluding diaryl/α,β-unsaturated/α-hetero) is 1. The van der Waals surface area contributed by atoms with Crippen LogP contribution in [0.4, 0.5) is 0 Å². The third-order valence-corrected chi connectivity index (χ3v) is 5.11. The lowest BCUT2D eigenvalue weighted by molar-refractivity contribution is -0.117. The van der Waals surface area contributed by atoms with E-state index in [0.717, 1.165) is 39.3 Å². The van der Waals surface area contributed by atoms with Crippen LogP contribution in [-0.4, -0.2) is 80.9 Å². The summed E-state index contributed by atoms with van der Waals surface area (Å²) in [5, 5.41) is 0.